The highest BCUT2D eigenvalue weighted by molar-refractivity contribution is 7.99. The van der Waals surface area contributed by atoms with Crippen molar-refractivity contribution in [3.05, 3.63) is 58.4 Å². The number of carbonyl (C=O) groups excluding carboxylic acids is 1. The maximum Gasteiger partial charge on any atom is 0.262 e. The van der Waals surface area contributed by atoms with E-state index in [4.69, 9.17) is 14.2 Å². The Kier molecular flexibility index (Phi) is 7.20. The van der Waals surface area contributed by atoms with Crippen LogP contribution in [0, 0.1) is 0 Å². The number of hydrogen-bond donors (Lipinski definition) is 0. The summed E-state index contributed by atoms with van der Waals surface area (Å²) in [5.74, 6) is 1.51. The fourth-order valence-electron chi connectivity index (χ4n) is 3.72. The molecule has 3 aromatic rings. The van der Waals surface area contributed by atoms with Gasteiger partial charge in [0.15, 0.2) is 16.7 Å². The minimum atomic E-state index is -0.215. The van der Waals surface area contributed by atoms with Crippen molar-refractivity contribution in [3.63, 3.8) is 0 Å². The summed E-state index contributed by atoms with van der Waals surface area (Å²) in [4.78, 5) is 32.3. The second kappa shape index (κ2) is 10.3. The molecule has 1 atom stereocenters. The molecule has 1 aromatic heterocycles. The minimum absolute atomic E-state index is 0.0664. The molecule has 0 aliphatic carbocycles. The maximum atomic E-state index is 13.1. The molecule has 0 N–H and O–H groups in total. The first-order valence-corrected chi connectivity index (χ1v) is 11.7. The van der Waals surface area contributed by atoms with Crippen LogP contribution in [0.15, 0.2) is 52.4 Å². The van der Waals surface area contributed by atoms with E-state index in [-0.39, 0.29) is 23.3 Å². The SMILES string of the molecule is COC[C@@H](C)n1c(SCC(=O)N(C)Cc2ccc3c(c2)OCCO3)nc2ccccc2c1=O. The van der Waals surface area contributed by atoms with E-state index in [9.17, 15) is 9.59 Å². The number of thioether (sulfide) groups is 1. The summed E-state index contributed by atoms with van der Waals surface area (Å²) < 4.78 is 18.1. The van der Waals surface area contributed by atoms with Crippen molar-refractivity contribution in [2.45, 2.75) is 24.7 Å². The number of amides is 1. The summed E-state index contributed by atoms with van der Waals surface area (Å²) in [7, 11) is 3.35. The number of hydrogen-bond acceptors (Lipinski definition) is 7. The number of fused-ring (bicyclic) bond motifs is 2. The Hall–Kier alpha value is -3.04. The Morgan fingerprint density at radius 1 is 1.21 bits per heavy atom. The molecule has 4 rings (SSSR count). The predicted octanol–water partition coefficient (Wildman–Crippen LogP) is 3.13. The third-order valence-corrected chi connectivity index (χ3v) is 6.34. The summed E-state index contributed by atoms with van der Waals surface area (Å²) in [6.45, 7) is 3.77. The van der Waals surface area contributed by atoms with Crippen LogP contribution in [0.25, 0.3) is 10.9 Å². The molecule has 2 heterocycles. The fraction of sp³-hybridized carbons (Fsp3) is 0.375. The number of carbonyl (C=O) groups is 1. The molecule has 2 aromatic carbocycles. The molecule has 0 saturated carbocycles. The second-order valence-corrected chi connectivity index (χ2v) is 8.85. The normalized spacial score (nSPS) is 13.7. The molecule has 8 nitrogen and oxygen atoms in total. The van der Waals surface area contributed by atoms with Gasteiger partial charge >= 0.3 is 0 Å². The molecule has 0 spiro atoms. The van der Waals surface area contributed by atoms with Crippen LogP contribution in [0.3, 0.4) is 0 Å². The average Bonchev–Trinajstić information content (AvgIpc) is 2.82. The fourth-order valence-corrected chi connectivity index (χ4v) is 4.75. The van der Waals surface area contributed by atoms with Crippen molar-refractivity contribution >= 4 is 28.6 Å². The van der Waals surface area contributed by atoms with Gasteiger partial charge in [-0.25, -0.2) is 4.98 Å². The lowest BCUT2D eigenvalue weighted by Gasteiger charge is -2.22. The van der Waals surface area contributed by atoms with Crippen LogP contribution in [-0.2, 0) is 16.1 Å². The predicted molar refractivity (Wildman–Crippen MR) is 127 cm³/mol. The standard InChI is InChI=1S/C24H27N3O5S/c1-16(14-30-3)27-23(29)18-6-4-5-7-19(18)25-24(27)33-15-22(28)26(2)13-17-8-9-20-21(12-17)32-11-10-31-20/h4-9,12,16H,10-11,13-15H2,1-3H3/t16-/m1/s1. The second-order valence-electron chi connectivity index (χ2n) is 7.91. The molecule has 0 radical (unpaired) electrons. The van der Waals surface area contributed by atoms with E-state index in [2.05, 4.69) is 4.98 Å². The van der Waals surface area contributed by atoms with Crippen LogP contribution in [0.2, 0.25) is 0 Å². The van der Waals surface area contributed by atoms with E-state index in [0.29, 0.717) is 48.2 Å². The van der Waals surface area contributed by atoms with Crippen LogP contribution >= 0.6 is 11.8 Å². The lowest BCUT2D eigenvalue weighted by molar-refractivity contribution is -0.127. The molecular formula is C24H27N3O5S. The Morgan fingerprint density at radius 2 is 1.97 bits per heavy atom. The van der Waals surface area contributed by atoms with Gasteiger partial charge in [-0.1, -0.05) is 30.0 Å². The Balaban J connectivity index is 1.49. The Morgan fingerprint density at radius 3 is 2.76 bits per heavy atom. The summed E-state index contributed by atoms with van der Waals surface area (Å²) in [5, 5.41) is 1.05. The van der Waals surface area contributed by atoms with Gasteiger partial charge in [0.2, 0.25) is 5.91 Å². The van der Waals surface area contributed by atoms with Crippen LogP contribution in [0.1, 0.15) is 18.5 Å². The zero-order valence-corrected chi connectivity index (χ0v) is 19.8. The van der Waals surface area contributed by atoms with Crippen LogP contribution in [-0.4, -0.2) is 60.1 Å². The summed E-state index contributed by atoms with van der Waals surface area (Å²) >= 11 is 1.26. The lowest BCUT2D eigenvalue weighted by Crippen LogP contribution is -2.30. The maximum absolute atomic E-state index is 13.1. The van der Waals surface area contributed by atoms with Crippen molar-refractivity contribution in [1.29, 1.82) is 0 Å². The van der Waals surface area contributed by atoms with Gasteiger partial charge in [-0.15, -0.1) is 0 Å². The van der Waals surface area contributed by atoms with E-state index in [1.165, 1.54) is 11.8 Å². The number of nitrogens with zero attached hydrogens (tertiary/aromatic N) is 3. The molecule has 1 aliphatic rings. The quantitative estimate of drug-likeness (QED) is 0.370. The number of benzene rings is 2. The van der Waals surface area contributed by atoms with E-state index in [1.807, 2.05) is 43.3 Å². The molecule has 0 unspecified atom stereocenters. The molecule has 9 heteroatoms. The van der Waals surface area contributed by atoms with Crippen LogP contribution in [0.4, 0.5) is 0 Å². The van der Waals surface area contributed by atoms with Gasteiger partial charge < -0.3 is 19.1 Å². The zero-order valence-electron chi connectivity index (χ0n) is 18.9. The van der Waals surface area contributed by atoms with Gasteiger partial charge in [-0.3, -0.25) is 14.2 Å². The summed E-state index contributed by atoms with van der Waals surface area (Å²) in [6.07, 6.45) is 0. The number of ether oxygens (including phenoxy) is 3. The molecule has 0 saturated heterocycles. The van der Waals surface area contributed by atoms with Gasteiger partial charge in [0.1, 0.15) is 13.2 Å². The molecule has 33 heavy (non-hydrogen) atoms. The monoisotopic (exact) mass is 469 g/mol. The first kappa shape index (κ1) is 23.1. The van der Waals surface area contributed by atoms with E-state index < -0.39 is 0 Å². The van der Waals surface area contributed by atoms with Crippen molar-refractivity contribution in [2.24, 2.45) is 0 Å². The van der Waals surface area contributed by atoms with Gasteiger partial charge in [-0.05, 0) is 36.8 Å². The van der Waals surface area contributed by atoms with Crippen molar-refractivity contribution < 1.29 is 19.0 Å². The van der Waals surface area contributed by atoms with Crippen LogP contribution < -0.4 is 15.0 Å². The van der Waals surface area contributed by atoms with Gasteiger partial charge in [0.05, 0.1) is 29.3 Å². The third-order valence-electron chi connectivity index (χ3n) is 5.40. The third kappa shape index (κ3) is 5.15. The molecule has 1 aliphatic heterocycles. The first-order chi connectivity index (χ1) is 16.0. The largest absolute Gasteiger partial charge is 0.486 e. The van der Waals surface area contributed by atoms with E-state index in [1.54, 1.807) is 29.7 Å². The van der Waals surface area contributed by atoms with E-state index in [0.717, 1.165) is 11.3 Å². The lowest BCUT2D eigenvalue weighted by atomic mass is 10.2. The first-order valence-electron chi connectivity index (χ1n) is 10.7. The average molecular weight is 470 g/mol. The number of aromatic nitrogens is 2. The highest BCUT2D eigenvalue weighted by Crippen LogP contribution is 2.31. The number of methoxy groups -OCH3 is 1. The Bertz CT molecular complexity index is 1210. The molecule has 174 valence electrons. The van der Waals surface area contributed by atoms with Crippen molar-refractivity contribution in [3.8, 4) is 11.5 Å². The van der Waals surface area contributed by atoms with E-state index >= 15 is 0 Å². The Labute approximate surface area is 196 Å². The topological polar surface area (TPSA) is 82.9 Å². The molecule has 1 amide bonds. The summed E-state index contributed by atoms with van der Waals surface area (Å²) in [6, 6.07) is 12.7. The smallest absolute Gasteiger partial charge is 0.262 e. The van der Waals surface area contributed by atoms with Gasteiger partial charge in [-0.2, -0.15) is 0 Å². The van der Waals surface area contributed by atoms with Crippen molar-refractivity contribution in [1.82, 2.24) is 14.5 Å². The van der Waals surface area contributed by atoms with Gasteiger partial charge in [0.25, 0.3) is 5.56 Å². The minimum Gasteiger partial charge on any atom is -0.486 e. The van der Waals surface area contributed by atoms with Gasteiger partial charge in [0, 0.05) is 20.7 Å². The number of rotatable bonds is 8. The van der Waals surface area contributed by atoms with Crippen molar-refractivity contribution in [2.75, 3.05) is 39.7 Å². The molecule has 0 bridgehead atoms. The van der Waals surface area contributed by atoms with Crippen LogP contribution in [0.5, 0.6) is 11.5 Å². The highest BCUT2D eigenvalue weighted by Gasteiger charge is 2.19. The zero-order chi connectivity index (χ0) is 23.4. The number of para-hydroxylation sites is 1. The molecule has 0 fully saturated rings. The molecular weight excluding hydrogens is 442 g/mol. The summed E-state index contributed by atoms with van der Waals surface area (Å²) in [5.41, 5.74) is 1.43. The highest BCUT2D eigenvalue weighted by atomic mass is 32.2.